The molecular formula is C9H15N3O3. The van der Waals surface area contributed by atoms with Crippen molar-refractivity contribution in [2.24, 2.45) is 0 Å². The number of aliphatic carboxylic acids is 1. The number of carboxylic acid groups (broad SMARTS) is 1. The average Bonchev–Trinajstić information content (AvgIpc) is 2.64. The average molecular weight is 213 g/mol. The summed E-state index contributed by atoms with van der Waals surface area (Å²) in [6.07, 6.45) is 3.59. The Morgan fingerprint density at radius 2 is 2.53 bits per heavy atom. The van der Waals surface area contributed by atoms with E-state index in [0.717, 1.165) is 12.5 Å². The summed E-state index contributed by atoms with van der Waals surface area (Å²) in [5.74, 6) is -0.179. The third kappa shape index (κ3) is 3.99. The summed E-state index contributed by atoms with van der Waals surface area (Å²) < 4.78 is 6.82. The maximum absolute atomic E-state index is 10.1. The highest BCUT2D eigenvalue weighted by Crippen LogP contribution is 2.02. The van der Waals surface area contributed by atoms with Gasteiger partial charge in [-0.15, -0.1) is 0 Å². The van der Waals surface area contributed by atoms with Gasteiger partial charge in [0.05, 0.1) is 6.61 Å². The monoisotopic (exact) mass is 213 g/mol. The van der Waals surface area contributed by atoms with Crippen LogP contribution in [0.1, 0.15) is 6.92 Å². The third-order valence-electron chi connectivity index (χ3n) is 1.81. The van der Waals surface area contributed by atoms with Crippen molar-refractivity contribution in [3.05, 3.63) is 12.4 Å². The number of aryl methyl sites for hydroxylation is 1. The normalized spacial score (nSPS) is 10.2. The molecule has 0 aromatic carbocycles. The summed E-state index contributed by atoms with van der Waals surface area (Å²) in [5, 5.41) is 11.4. The second-order valence-electron chi connectivity index (χ2n) is 2.91. The van der Waals surface area contributed by atoms with E-state index in [4.69, 9.17) is 9.84 Å². The SMILES string of the molecule is CCn1ccnc1NCCOCC(=O)O. The van der Waals surface area contributed by atoms with Gasteiger partial charge < -0.3 is 19.7 Å². The molecule has 0 radical (unpaired) electrons. The Kier molecular flexibility index (Phi) is 4.62. The molecule has 0 aliphatic rings. The van der Waals surface area contributed by atoms with Crippen LogP contribution in [0.4, 0.5) is 5.95 Å². The Balaban J connectivity index is 2.17. The van der Waals surface area contributed by atoms with Crippen LogP contribution in [-0.4, -0.2) is 40.4 Å². The Morgan fingerprint density at radius 3 is 3.20 bits per heavy atom. The highest BCUT2D eigenvalue weighted by molar-refractivity contribution is 5.67. The summed E-state index contributed by atoms with van der Waals surface area (Å²) >= 11 is 0. The van der Waals surface area contributed by atoms with Crippen LogP contribution in [0.3, 0.4) is 0 Å². The number of aromatic nitrogens is 2. The fourth-order valence-electron chi connectivity index (χ4n) is 1.13. The topological polar surface area (TPSA) is 76.4 Å². The lowest BCUT2D eigenvalue weighted by molar-refractivity contribution is -0.142. The Morgan fingerprint density at radius 1 is 1.73 bits per heavy atom. The van der Waals surface area contributed by atoms with Crippen LogP contribution < -0.4 is 5.32 Å². The van der Waals surface area contributed by atoms with Crippen molar-refractivity contribution in [1.82, 2.24) is 9.55 Å². The molecule has 0 saturated carbocycles. The third-order valence-corrected chi connectivity index (χ3v) is 1.81. The minimum Gasteiger partial charge on any atom is -0.480 e. The highest BCUT2D eigenvalue weighted by Gasteiger charge is 1.99. The van der Waals surface area contributed by atoms with Gasteiger partial charge >= 0.3 is 5.97 Å². The van der Waals surface area contributed by atoms with E-state index in [1.165, 1.54) is 0 Å². The Bertz CT molecular complexity index is 311. The number of nitrogens with one attached hydrogen (secondary N) is 1. The lowest BCUT2D eigenvalue weighted by Gasteiger charge is -2.07. The number of carbonyl (C=O) groups is 1. The van der Waals surface area contributed by atoms with Gasteiger partial charge in [0.1, 0.15) is 6.61 Å². The lowest BCUT2D eigenvalue weighted by atomic mass is 10.6. The van der Waals surface area contributed by atoms with Crippen LogP contribution in [0.2, 0.25) is 0 Å². The van der Waals surface area contributed by atoms with Crippen LogP contribution in [0.25, 0.3) is 0 Å². The smallest absolute Gasteiger partial charge is 0.329 e. The molecule has 0 atom stereocenters. The first-order valence-electron chi connectivity index (χ1n) is 4.78. The van der Waals surface area contributed by atoms with E-state index in [-0.39, 0.29) is 6.61 Å². The summed E-state index contributed by atoms with van der Waals surface area (Å²) in [6, 6.07) is 0. The lowest BCUT2D eigenvalue weighted by Crippen LogP contribution is -2.16. The molecule has 15 heavy (non-hydrogen) atoms. The summed E-state index contributed by atoms with van der Waals surface area (Å²) in [6.45, 7) is 3.50. The first-order chi connectivity index (χ1) is 7.24. The summed E-state index contributed by atoms with van der Waals surface area (Å²) in [7, 11) is 0. The standard InChI is InChI=1S/C9H15N3O3/c1-2-12-5-3-10-9(12)11-4-6-15-7-8(13)14/h3,5H,2,4,6-7H2,1H3,(H,10,11)(H,13,14). The second-order valence-corrected chi connectivity index (χ2v) is 2.91. The number of imidazole rings is 1. The molecule has 0 aliphatic carbocycles. The maximum Gasteiger partial charge on any atom is 0.329 e. The van der Waals surface area contributed by atoms with Crippen LogP contribution in [0.15, 0.2) is 12.4 Å². The molecular weight excluding hydrogens is 198 g/mol. The minimum absolute atomic E-state index is 0.260. The van der Waals surface area contributed by atoms with Crippen molar-refractivity contribution in [3.63, 3.8) is 0 Å². The van der Waals surface area contributed by atoms with Crippen molar-refractivity contribution in [2.45, 2.75) is 13.5 Å². The van der Waals surface area contributed by atoms with E-state index in [9.17, 15) is 4.79 Å². The predicted molar refractivity (Wildman–Crippen MR) is 54.8 cm³/mol. The van der Waals surface area contributed by atoms with Gasteiger partial charge in [0.2, 0.25) is 5.95 Å². The van der Waals surface area contributed by atoms with E-state index in [1.807, 2.05) is 17.7 Å². The van der Waals surface area contributed by atoms with Crippen molar-refractivity contribution >= 4 is 11.9 Å². The fraction of sp³-hybridized carbons (Fsp3) is 0.556. The first-order valence-corrected chi connectivity index (χ1v) is 4.78. The van der Waals surface area contributed by atoms with Gasteiger partial charge in [-0.2, -0.15) is 0 Å². The Labute approximate surface area is 87.9 Å². The van der Waals surface area contributed by atoms with Crippen molar-refractivity contribution in [3.8, 4) is 0 Å². The molecule has 1 rings (SSSR count). The highest BCUT2D eigenvalue weighted by atomic mass is 16.5. The van der Waals surface area contributed by atoms with Crippen LogP contribution in [-0.2, 0) is 16.1 Å². The Hall–Kier alpha value is -1.56. The number of carboxylic acids is 1. The number of nitrogens with zero attached hydrogens (tertiary/aromatic N) is 2. The zero-order valence-electron chi connectivity index (χ0n) is 8.64. The van der Waals surface area contributed by atoms with E-state index >= 15 is 0 Å². The van der Waals surface area contributed by atoms with Gasteiger partial charge in [0.15, 0.2) is 0 Å². The fourth-order valence-corrected chi connectivity index (χ4v) is 1.13. The molecule has 0 bridgehead atoms. The molecule has 0 saturated heterocycles. The van der Waals surface area contributed by atoms with Gasteiger partial charge in [-0.3, -0.25) is 0 Å². The minimum atomic E-state index is -0.954. The van der Waals surface area contributed by atoms with E-state index < -0.39 is 5.97 Å². The number of hydrogen-bond donors (Lipinski definition) is 2. The molecule has 0 unspecified atom stereocenters. The van der Waals surface area contributed by atoms with Gasteiger partial charge in [0.25, 0.3) is 0 Å². The number of rotatable bonds is 7. The van der Waals surface area contributed by atoms with Crippen molar-refractivity contribution < 1.29 is 14.6 Å². The van der Waals surface area contributed by atoms with Crippen molar-refractivity contribution in [1.29, 1.82) is 0 Å². The first kappa shape index (κ1) is 11.5. The van der Waals surface area contributed by atoms with Gasteiger partial charge in [-0.05, 0) is 6.92 Å². The van der Waals surface area contributed by atoms with Gasteiger partial charge in [-0.25, -0.2) is 9.78 Å². The zero-order chi connectivity index (χ0) is 11.1. The van der Waals surface area contributed by atoms with Crippen LogP contribution in [0, 0.1) is 0 Å². The molecule has 6 heteroatoms. The molecule has 1 aromatic rings. The van der Waals surface area contributed by atoms with Crippen molar-refractivity contribution in [2.75, 3.05) is 25.1 Å². The van der Waals surface area contributed by atoms with Crippen LogP contribution in [0.5, 0.6) is 0 Å². The number of ether oxygens (including phenoxy) is 1. The molecule has 6 nitrogen and oxygen atoms in total. The summed E-state index contributed by atoms with van der Waals surface area (Å²) in [5.41, 5.74) is 0. The van der Waals surface area contributed by atoms with E-state index in [0.29, 0.717) is 13.2 Å². The summed E-state index contributed by atoms with van der Waals surface area (Å²) in [4.78, 5) is 14.2. The molecule has 0 aliphatic heterocycles. The zero-order valence-corrected chi connectivity index (χ0v) is 8.64. The van der Waals surface area contributed by atoms with Gasteiger partial charge in [0, 0.05) is 25.5 Å². The van der Waals surface area contributed by atoms with Gasteiger partial charge in [-0.1, -0.05) is 0 Å². The van der Waals surface area contributed by atoms with E-state index in [1.54, 1.807) is 6.20 Å². The maximum atomic E-state index is 10.1. The molecule has 0 fully saturated rings. The molecule has 2 N–H and O–H groups in total. The number of anilines is 1. The van der Waals surface area contributed by atoms with E-state index in [2.05, 4.69) is 10.3 Å². The molecule has 1 aromatic heterocycles. The largest absolute Gasteiger partial charge is 0.480 e. The quantitative estimate of drug-likeness (QED) is 0.642. The van der Waals surface area contributed by atoms with Crippen LogP contribution >= 0.6 is 0 Å². The molecule has 0 amide bonds. The predicted octanol–water partition coefficient (Wildman–Crippen LogP) is 0.416. The molecule has 0 spiro atoms. The molecule has 1 heterocycles. The second kappa shape index (κ2) is 6.02. The number of hydrogen-bond acceptors (Lipinski definition) is 4. The molecule has 84 valence electrons.